The SMILES string of the molecule is COCCOc1ccc2c(c1)[nH]c1c(C(N)=O)ncc(-c3cccc(N4Cc5ccc(F)cc5C4=O)c3C)c12. The number of fused-ring (bicyclic) bond motifs is 4. The highest BCUT2D eigenvalue weighted by atomic mass is 19.1. The van der Waals surface area contributed by atoms with Gasteiger partial charge in [-0.1, -0.05) is 18.2 Å². The van der Waals surface area contributed by atoms with Gasteiger partial charge in [0.1, 0.15) is 18.2 Å². The van der Waals surface area contributed by atoms with Crippen LogP contribution in [0.5, 0.6) is 5.75 Å². The second-order valence-corrected chi connectivity index (χ2v) is 9.45. The summed E-state index contributed by atoms with van der Waals surface area (Å²) in [6.07, 6.45) is 1.64. The number of halogens is 1. The van der Waals surface area contributed by atoms with Gasteiger partial charge in [0.15, 0.2) is 5.69 Å². The van der Waals surface area contributed by atoms with Crippen molar-refractivity contribution in [1.82, 2.24) is 9.97 Å². The van der Waals surface area contributed by atoms with E-state index in [0.717, 1.165) is 44.2 Å². The second-order valence-electron chi connectivity index (χ2n) is 9.45. The molecule has 0 fully saturated rings. The Hall–Kier alpha value is -4.76. The Morgan fingerprint density at radius 1 is 1.10 bits per heavy atom. The number of methoxy groups -OCH3 is 1. The maximum atomic E-state index is 13.8. The zero-order valence-electron chi connectivity index (χ0n) is 21.4. The van der Waals surface area contributed by atoms with Gasteiger partial charge in [0.2, 0.25) is 0 Å². The van der Waals surface area contributed by atoms with Crippen LogP contribution in [0.4, 0.5) is 10.1 Å². The van der Waals surface area contributed by atoms with Gasteiger partial charge >= 0.3 is 0 Å². The summed E-state index contributed by atoms with van der Waals surface area (Å²) in [5.74, 6) is -0.676. The standard InChI is InChI=1S/C30H25FN4O4/c1-16-20(4-3-5-25(16)35-15-17-6-7-18(31)12-22(17)30(35)37)23-14-33-28(29(32)36)27-26(23)21-9-8-19(13-24(21)34-27)39-11-10-38-2/h3-9,12-14,34H,10-11,15H2,1-2H3,(H2,32,36). The number of hydrogen-bond acceptors (Lipinski definition) is 5. The van der Waals surface area contributed by atoms with Crippen LogP contribution < -0.4 is 15.4 Å². The lowest BCUT2D eigenvalue weighted by Gasteiger charge is -2.21. The van der Waals surface area contributed by atoms with Gasteiger partial charge in [0, 0.05) is 47.0 Å². The minimum atomic E-state index is -0.646. The summed E-state index contributed by atoms with van der Waals surface area (Å²) < 4.78 is 24.7. The summed E-state index contributed by atoms with van der Waals surface area (Å²) in [6, 6.07) is 15.7. The molecule has 0 radical (unpaired) electrons. The van der Waals surface area contributed by atoms with Crippen LogP contribution in [0.2, 0.25) is 0 Å². The molecule has 8 nitrogen and oxygen atoms in total. The molecule has 9 heteroatoms. The van der Waals surface area contributed by atoms with Crippen LogP contribution in [0.3, 0.4) is 0 Å². The first-order chi connectivity index (χ1) is 18.9. The van der Waals surface area contributed by atoms with Crippen LogP contribution >= 0.6 is 0 Å². The van der Waals surface area contributed by atoms with Gasteiger partial charge < -0.3 is 25.1 Å². The van der Waals surface area contributed by atoms with Crippen LogP contribution in [-0.2, 0) is 11.3 Å². The monoisotopic (exact) mass is 524 g/mol. The molecule has 1 aliphatic heterocycles. The van der Waals surface area contributed by atoms with E-state index < -0.39 is 11.7 Å². The highest BCUT2D eigenvalue weighted by Gasteiger charge is 2.30. The van der Waals surface area contributed by atoms with Crippen molar-refractivity contribution in [3.63, 3.8) is 0 Å². The zero-order chi connectivity index (χ0) is 27.3. The number of ether oxygens (including phenoxy) is 2. The number of nitrogens with zero attached hydrogens (tertiary/aromatic N) is 2. The number of benzene rings is 3. The Morgan fingerprint density at radius 2 is 1.95 bits per heavy atom. The molecule has 0 unspecified atom stereocenters. The molecular weight excluding hydrogens is 499 g/mol. The van der Waals surface area contributed by atoms with Crippen molar-refractivity contribution in [2.24, 2.45) is 5.73 Å². The molecule has 1 aliphatic rings. The number of aromatic amines is 1. The molecule has 3 aromatic carbocycles. The first-order valence-electron chi connectivity index (χ1n) is 12.4. The molecule has 0 atom stereocenters. The normalized spacial score (nSPS) is 12.9. The first kappa shape index (κ1) is 24.6. The largest absolute Gasteiger partial charge is 0.491 e. The predicted octanol–water partition coefficient (Wildman–Crippen LogP) is 5.12. The number of nitrogens with one attached hydrogen (secondary N) is 1. The van der Waals surface area contributed by atoms with E-state index in [4.69, 9.17) is 15.2 Å². The third kappa shape index (κ3) is 4.07. The van der Waals surface area contributed by atoms with E-state index >= 15 is 0 Å². The van der Waals surface area contributed by atoms with Crippen LogP contribution in [0.15, 0.2) is 60.8 Å². The van der Waals surface area contributed by atoms with Crippen molar-refractivity contribution < 1.29 is 23.5 Å². The smallest absolute Gasteiger partial charge is 0.269 e. The number of H-pyrrole nitrogens is 1. The van der Waals surface area contributed by atoms with E-state index in [0.29, 0.717) is 36.6 Å². The summed E-state index contributed by atoms with van der Waals surface area (Å²) in [5.41, 5.74) is 11.4. The molecule has 0 bridgehead atoms. The molecule has 0 saturated carbocycles. The fourth-order valence-electron chi connectivity index (χ4n) is 5.29. The number of pyridine rings is 1. The van der Waals surface area contributed by atoms with Crippen LogP contribution in [-0.4, -0.2) is 42.1 Å². The minimum Gasteiger partial charge on any atom is -0.491 e. The molecule has 2 amide bonds. The maximum absolute atomic E-state index is 13.8. The van der Waals surface area contributed by atoms with Crippen molar-refractivity contribution in [2.45, 2.75) is 13.5 Å². The van der Waals surface area contributed by atoms with E-state index in [-0.39, 0.29) is 11.6 Å². The molecule has 0 aliphatic carbocycles. The van der Waals surface area contributed by atoms with Crippen LogP contribution in [0.1, 0.15) is 32.0 Å². The summed E-state index contributed by atoms with van der Waals surface area (Å²) in [7, 11) is 1.61. The third-order valence-corrected chi connectivity index (χ3v) is 7.15. The molecule has 3 N–H and O–H groups in total. The zero-order valence-corrected chi connectivity index (χ0v) is 21.4. The predicted molar refractivity (Wildman–Crippen MR) is 147 cm³/mol. The number of aromatic nitrogens is 2. The van der Waals surface area contributed by atoms with E-state index in [1.807, 2.05) is 43.3 Å². The Balaban J connectivity index is 1.49. The fraction of sp³-hybridized carbons (Fsp3) is 0.167. The van der Waals surface area contributed by atoms with Gasteiger partial charge in [-0.15, -0.1) is 0 Å². The van der Waals surface area contributed by atoms with E-state index in [2.05, 4.69) is 9.97 Å². The molecular formula is C30H25FN4O4. The third-order valence-electron chi connectivity index (χ3n) is 7.15. The molecule has 39 heavy (non-hydrogen) atoms. The number of carbonyl (C=O) groups excluding carboxylic acids is 2. The summed E-state index contributed by atoms with van der Waals surface area (Å²) in [4.78, 5) is 34.9. The molecule has 3 heterocycles. The highest BCUT2D eigenvalue weighted by molar-refractivity contribution is 6.19. The lowest BCUT2D eigenvalue weighted by atomic mass is 9.95. The summed E-state index contributed by atoms with van der Waals surface area (Å²) in [5, 5.41) is 1.66. The first-order valence-corrected chi connectivity index (χ1v) is 12.4. The quantitative estimate of drug-likeness (QED) is 0.287. The maximum Gasteiger partial charge on any atom is 0.269 e. The van der Waals surface area contributed by atoms with Gasteiger partial charge in [-0.05, 0) is 53.9 Å². The molecule has 2 aromatic heterocycles. The van der Waals surface area contributed by atoms with E-state index in [9.17, 15) is 14.0 Å². The lowest BCUT2D eigenvalue weighted by Crippen LogP contribution is -2.24. The lowest BCUT2D eigenvalue weighted by molar-refractivity contribution is 0.0988. The van der Waals surface area contributed by atoms with E-state index in [1.165, 1.54) is 12.1 Å². The Labute approximate surface area is 223 Å². The molecule has 5 aromatic rings. The van der Waals surface area contributed by atoms with Crippen molar-refractivity contribution in [1.29, 1.82) is 0 Å². The summed E-state index contributed by atoms with van der Waals surface area (Å²) in [6.45, 7) is 3.15. The number of hydrogen-bond donors (Lipinski definition) is 2. The van der Waals surface area contributed by atoms with Gasteiger partial charge in [-0.3, -0.25) is 9.59 Å². The van der Waals surface area contributed by atoms with Crippen LogP contribution in [0, 0.1) is 12.7 Å². The number of rotatable bonds is 7. The number of nitrogens with two attached hydrogens (primary N) is 1. The minimum absolute atomic E-state index is 0.132. The van der Waals surface area contributed by atoms with E-state index in [1.54, 1.807) is 24.3 Å². The molecule has 0 saturated heterocycles. The fourth-order valence-corrected chi connectivity index (χ4v) is 5.29. The van der Waals surface area contributed by atoms with Crippen molar-refractivity contribution in [3.05, 3.63) is 89.0 Å². The topological polar surface area (TPSA) is 111 Å². The van der Waals surface area contributed by atoms with Crippen molar-refractivity contribution in [2.75, 3.05) is 25.2 Å². The molecule has 196 valence electrons. The average molecular weight is 525 g/mol. The van der Waals surface area contributed by atoms with Gasteiger partial charge in [-0.25, -0.2) is 9.37 Å². The Kier molecular flexibility index (Phi) is 6.00. The number of amides is 2. The highest BCUT2D eigenvalue weighted by Crippen LogP contribution is 2.41. The second kappa shape index (κ2) is 9.52. The number of carbonyl (C=O) groups is 2. The summed E-state index contributed by atoms with van der Waals surface area (Å²) >= 11 is 0. The number of primary amides is 1. The Morgan fingerprint density at radius 3 is 2.74 bits per heavy atom. The van der Waals surface area contributed by atoms with Gasteiger partial charge in [0.25, 0.3) is 11.8 Å². The molecule has 6 rings (SSSR count). The van der Waals surface area contributed by atoms with Crippen molar-refractivity contribution >= 4 is 39.3 Å². The Bertz CT molecular complexity index is 1800. The average Bonchev–Trinajstić information content (AvgIpc) is 3.46. The van der Waals surface area contributed by atoms with Gasteiger partial charge in [-0.2, -0.15) is 0 Å². The molecule has 0 spiro atoms. The number of anilines is 1. The van der Waals surface area contributed by atoms with Gasteiger partial charge in [0.05, 0.1) is 24.2 Å². The van der Waals surface area contributed by atoms with Crippen molar-refractivity contribution in [3.8, 4) is 16.9 Å². The van der Waals surface area contributed by atoms with Crippen LogP contribution in [0.25, 0.3) is 32.9 Å².